The van der Waals surface area contributed by atoms with Crippen molar-refractivity contribution in [1.29, 1.82) is 5.26 Å². The molecule has 0 aliphatic carbocycles. The Labute approximate surface area is 116 Å². The van der Waals surface area contributed by atoms with Gasteiger partial charge in [-0.3, -0.25) is 0 Å². The standard InChI is InChI=1S/C14H14ClN3O/c15-6-14-17-12-2-1-10(7-16)5-13(12)18(14)8-11-3-4-19-9-11/h1-2,5,11H,3-4,6,8-9H2. The molecule has 3 rings (SSSR count). The number of rotatable bonds is 3. The zero-order valence-corrected chi connectivity index (χ0v) is 11.2. The summed E-state index contributed by atoms with van der Waals surface area (Å²) >= 11 is 5.98. The van der Waals surface area contributed by atoms with Crippen LogP contribution < -0.4 is 0 Å². The molecule has 2 aromatic rings. The number of nitrogens with zero attached hydrogens (tertiary/aromatic N) is 3. The quantitative estimate of drug-likeness (QED) is 0.809. The van der Waals surface area contributed by atoms with Gasteiger partial charge in [-0.2, -0.15) is 5.26 Å². The maximum Gasteiger partial charge on any atom is 0.124 e. The fourth-order valence-electron chi connectivity index (χ4n) is 2.53. The normalized spacial score (nSPS) is 18.8. The smallest absolute Gasteiger partial charge is 0.124 e. The van der Waals surface area contributed by atoms with Crippen molar-refractivity contribution < 1.29 is 4.74 Å². The third-order valence-electron chi connectivity index (χ3n) is 3.54. The Balaban J connectivity index is 2.05. The molecule has 1 aliphatic rings. The minimum atomic E-state index is 0.379. The molecule has 1 fully saturated rings. The van der Waals surface area contributed by atoms with Crippen molar-refractivity contribution in [2.24, 2.45) is 5.92 Å². The lowest BCUT2D eigenvalue weighted by atomic mass is 10.1. The van der Waals surface area contributed by atoms with Crippen LogP contribution in [-0.2, 0) is 17.2 Å². The number of nitriles is 1. The molecule has 0 bridgehead atoms. The van der Waals surface area contributed by atoms with Crippen molar-refractivity contribution in [3.63, 3.8) is 0 Å². The van der Waals surface area contributed by atoms with Crippen LogP contribution in [0.4, 0.5) is 0 Å². The summed E-state index contributed by atoms with van der Waals surface area (Å²) in [6.07, 6.45) is 1.07. The summed E-state index contributed by atoms with van der Waals surface area (Å²) in [5, 5.41) is 9.01. The zero-order valence-electron chi connectivity index (χ0n) is 10.5. The first-order chi connectivity index (χ1) is 9.31. The van der Waals surface area contributed by atoms with E-state index in [9.17, 15) is 0 Å². The van der Waals surface area contributed by atoms with Crippen LogP contribution in [0.15, 0.2) is 18.2 Å². The third-order valence-corrected chi connectivity index (χ3v) is 3.78. The summed E-state index contributed by atoms with van der Waals surface area (Å²) < 4.78 is 7.54. The lowest BCUT2D eigenvalue weighted by molar-refractivity contribution is 0.182. The molecule has 1 aliphatic heterocycles. The minimum Gasteiger partial charge on any atom is -0.381 e. The molecule has 0 spiro atoms. The number of imidazole rings is 1. The molecule has 0 amide bonds. The molecule has 1 aromatic heterocycles. The van der Waals surface area contributed by atoms with Gasteiger partial charge in [0, 0.05) is 19.1 Å². The number of ether oxygens (including phenoxy) is 1. The molecule has 5 heteroatoms. The number of benzene rings is 1. The van der Waals surface area contributed by atoms with Gasteiger partial charge >= 0.3 is 0 Å². The van der Waals surface area contributed by atoms with E-state index in [0.717, 1.165) is 43.0 Å². The van der Waals surface area contributed by atoms with Gasteiger partial charge in [-0.25, -0.2) is 4.98 Å². The van der Waals surface area contributed by atoms with Crippen LogP contribution in [0, 0.1) is 17.2 Å². The molecule has 4 nitrogen and oxygen atoms in total. The number of hydrogen-bond donors (Lipinski definition) is 0. The highest BCUT2D eigenvalue weighted by Gasteiger charge is 2.19. The van der Waals surface area contributed by atoms with E-state index < -0.39 is 0 Å². The number of hydrogen-bond acceptors (Lipinski definition) is 3. The van der Waals surface area contributed by atoms with E-state index in [4.69, 9.17) is 21.6 Å². The summed E-state index contributed by atoms with van der Waals surface area (Å²) in [4.78, 5) is 4.53. The zero-order chi connectivity index (χ0) is 13.2. The molecule has 0 saturated carbocycles. The average Bonchev–Trinajstić information content (AvgIpc) is 3.07. The van der Waals surface area contributed by atoms with Crippen molar-refractivity contribution in [3.05, 3.63) is 29.6 Å². The highest BCUT2D eigenvalue weighted by molar-refractivity contribution is 6.16. The highest BCUT2D eigenvalue weighted by Crippen LogP contribution is 2.23. The van der Waals surface area contributed by atoms with Crippen molar-refractivity contribution in [1.82, 2.24) is 9.55 Å². The minimum absolute atomic E-state index is 0.379. The Kier molecular flexibility index (Phi) is 3.41. The van der Waals surface area contributed by atoms with Crippen LogP contribution in [0.2, 0.25) is 0 Å². The van der Waals surface area contributed by atoms with Gasteiger partial charge in [0.15, 0.2) is 0 Å². The third kappa shape index (κ3) is 2.32. The fraction of sp³-hybridized carbons (Fsp3) is 0.429. The second-order valence-corrected chi connectivity index (χ2v) is 5.08. The Bertz CT molecular complexity index is 638. The van der Waals surface area contributed by atoms with Gasteiger partial charge in [0.25, 0.3) is 0 Å². The molecule has 19 heavy (non-hydrogen) atoms. The van der Waals surface area contributed by atoms with E-state index in [-0.39, 0.29) is 0 Å². The van der Waals surface area contributed by atoms with E-state index in [1.165, 1.54) is 0 Å². The van der Waals surface area contributed by atoms with Crippen molar-refractivity contribution >= 4 is 22.6 Å². The fourth-order valence-corrected chi connectivity index (χ4v) is 2.74. The molecule has 1 saturated heterocycles. The van der Waals surface area contributed by atoms with Gasteiger partial charge in [0.1, 0.15) is 5.82 Å². The van der Waals surface area contributed by atoms with E-state index in [1.807, 2.05) is 12.1 Å². The second kappa shape index (κ2) is 5.20. The topological polar surface area (TPSA) is 50.8 Å². The monoisotopic (exact) mass is 275 g/mol. The van der Waals surface area contributed by atoms with Crippen LogP contribution >= 0.6 is 11.6 Å². The van der Waals surface area contributed by atoms with E-state index >= 15 is 0 Å². The molecule has 2 heterocycles. The van der Waals surface area contributed by atoms with Crippen molar-refractivity contribution in [2.45, 2.75) is 18.8 Å². The van der Waals surface area contributed by atoms with E-state index in [0.29, 0.717) is 17.4 Å². The molecular formula is C14H14ClN3O. The molecule has 1 aromatic carbocycles. The van der Waals surface area contributed by atoms with Gasteiger partial charge in [-0.05, 0) is 24.6 Å². The maximum atomic E-state index is 9.01. The predicted molar refractivity (Wildman–Crippen MR) is 72.9 cm³/mol. The van der Waals surface area contributed by atoms with Crippen LogP contribution in [0.1, 0.15) is 17.8 Å². The first-order valence-electron chi connectivity index (χ1n) is 6.35. The Morgan fingerprint density at radius 1 is 1.53 bits per heavy atom. The lowest BCUT2D eigenvalue weighted by Crippen LogP contribution is -2.12. The summed E-state index contributed by atoms with van der Waals surface area (Å²) in [7, 11) is 0. The molecule has 1 atom stereocenters. The van der Waals surface area contributed by atoms with Gasteiger partial charge in [-0.15, -0.1) is 11.6 Å². The van der Waals surface area contributed by atoms with Crippen LogP contribution in [0.3, 0.4) is 0 Å². The van der Waals surface area contributed by atoms with Gasteiger partial charge in [-0.1, -0.05) is 0 Å². The number of fused-ring (bicyclic) bond motifs is 1. The van der Waals surface area contributed by atoms with Crippen LogP contribution in [0.25, 0.3) is 11.0 Å². The summed E-state index contributed by atoms with van der Waals surface area (Å²) in [5.41, 5.74) is 2.53. The Hall–Kier alpha value is -1.57. The largest absolute Gasteiger partial charge is 0.381 e. The Morgan fingerprint density at radius 3 is 3.11 bits per heavy atom. The number of aromatic nitrogens is 2. The summed E-state index contributed by atoms with van der Waals surface area (Å²) in [6, 6.07) is 7.72. The lowest BCUT2D eigenvalue weighted by Gasteiger charge is -2.12. The van der Waals surface area contributed by atoms with Crippen molar-refractivity contribution in [3.8, 4) is 6.07 Å². The molecule has 98 valence electrons. The molecular weight excluding hydrogens is 262 g/mol. The summed E-state index contributed by atoms with van der Waals surface area (Å²) in [5.74, 6) is 1.74. The number of halogens is 1. The molecule has 0 N–H and O–H groups in total. The maximum absolute atomic E-state index is 9.01. The van der Waals surface area contributed by atoms with Crippen molar-refractivity contribution in [2.75, 3.05) is 13.2 Å². The van der Waals surface area contributed by atoms with Gasteiger partial charge in [0.05, 0.1) is 35.2 Å². The van der Waals surface area contributed by atoms with Gasteiger partial charge < -0.3 is 9.30 Å². The second-order valence-electron chi connectivity index (χ2n) is 4.82. The average molecular weight is 276 g/mol. The molecule has 0 radical (unpaired) electrons. The summed E-state index contributed by atoms with van der Waals surface area (Å²) in [6.45, 7) is 2.48. The van der Waals surface area contributed by atoms with Crippen LogP contribution in [-0.4, -0.2) is 22.8 Å². The Morgan fingerprint density at radius 2 is 2.42 bits per heavy atom. The van der Waals surface area contributed by atoms with Gasteiger partial charge in [0.2, 0.25) is 0 Å². The SMILES string of the molecule is N#Cc1ccc2nc(CCl)n(CC3CCOC3)c2c1. The van der Waals surface area contributed by atoms with E-state index in [1.54, 1.807) is 6.07 Å². The first-order valence-corrected chi connectivity index (χ1v) is 6.88. The number of alkyl halides is 1. The first kappa shape index (κ1) is 12.5. The highest BCUT2D eigenvalue weighted by atomic mass is 35.5. The van der Waals surface area contributed by atoms with Crippen LogP contribution in [0.5, 0.6) is 0 Å². The van der Waals surface area contributed by atoms with E-state index in [2.05, 4.69) is 15.6 Å². The predicted octanol–water partition coefficient (Wildman–Crippen LogP) is 2.68. The molecule has 1 unspecified atom stereocenters.